The summed E-state index contributed by atoms with van der Waals surface area (Å²) in [6, 6.07) is 12.6. The smallest absolute Gasteiger partial charge is 0.315 e. The molecule has 4 nitrogen and oxygen atoms in total. The number of esters is 1. The summed E-state index contributed by atoms with van der Waals surface area (Å²) in [5.74, 6) is -0.109. The van der Waals surface area contributed by atoms with Gasteiger partial charge in [-0.1, -0.05) is 24.3 Å². The van der Waals surface area contributed by atoms with E-state index in [0.29, 0.717) is 0 Å². The van der Waals surface area contributed by atoms with E-state index < -0.39 is 0 Å². The number of pyridine rings is 1. The van der Waals surface area contributed by atoms with Crippen LogP contribution in [0.5, 0.6) is 0 Å². The van der Waals surface area contributed by atoms with Gasteiger partial charge in [0, 0.05) is 30.8 Å². The minimum Gasteiger partial charge on any atom is -0.460 e. The minimum absolute atomic E-state index is 0.0290. The van der Waals surface area contributed by atoms with Gasteiger partial charge in [0.2, 0.25) is 0 Å². The third kappa shape index (κ3) is 4.86. The lowest BCUT2D eigenvalue weighted by Crippen LogP contribution is -2.25. The van der Waals surface area contributed by atoms with Gasteiger partial charge in [0.1, 0.15) is 13.2 Å². The molecule has 2 aromatic rings. The molecule has 25 heavy (non-hydrogen) atoms. The lowest BCUT2D eigenvalue weighted by molar-refractivity contribution is -0.671. The Hall–Kier alpha value is -2.27. The Morgan fingerprint density at radius 3 is 2.48 bits per heavy atom. The maximum absolute atomic E-state index is 11.3. The van der Waals surface area contributed by atoms with Crippen molar-refractivity contribution in [3.63, 3.8) is 0 Å². The molecule has 0 aliphatic carbocycles. The molecule has 1 fully saturated rings. The fourth-order valence-corrected chi connectivity index (χ4v) is 2.97. The summed E-state index contributed by atoms with van der Waals surface area (Å²) in [7, 11) is 2.01. The molecule has 1 aromatic carbocycles. The van der Waals surface area contributed by atoms with Gasteiger partial charge >= 0.3 is 5.97 Å². The molecule has 1 atom stereocenters. The van der Waals surface area contributed by atoms with E-state index in [1.807, 2.05) is 24.0 Å². The van der Waals surface area contributed by atoms with Gasteiger partial charge in [0.25, 0.3) is 0 Å². The van der Waals surface area contributed by atoms with Crippen LogP contribution in [0.3, 0.4) is 0 Å². The Labute approximate surface area is 154 Å². The molecule has 0 N–H and O–H groups in total. The SMILES string of the molecule is C[n+]1ccc(/C=C/c2ccc(N3CCC(OC(=O)CS)C3)cc2)cc1. The number of rotatable bonds is 5. The van der Waals surface area contributed by atoms with Crippen LogP contribution in [0.15, 0.2) is 48.8 Å². The Balaban J connectivity index is 1.59. The maximum Gasteiger partial charge on any atom is 0.315 e. The Morgan fingerprint density at radius 1 is 1.20 bits per heavy atom. The summed E-state index contributed by atoms with van der Waals surface area (Å²) < 4.78 is 7.38. The van der Waals surface area contributed by atoms with Gasteiger partial charge in [-0.25, -0.2) is 4.57 Å². The highest BCUT2D eigenvalue weighted by Crippen LogP contribution is 2.23. The summed E-state index contributed by atoms with van der Waals surface area (Å²) >= 11 is 3.95. The molecule has 0 saturated carbocycles. The number of benzene rings is 1. The van der Waals surface area contributed by atoms with Crippen LogP contribution in [-0.2, 0) is 16.6 Å². The van der Waals surface area contributed by atoms with Gasteiger partial charge in [0.05, 0.1) is 12.3 Å². The molecule has 0 spiro atoms. The second-order valence-corrected chi connectivity index (χ2v) is 6.54. The van der Waals surface area contributed by atoms with Crippen molar-refractivity contribution in [2.24, 2.45) is 7.05 Å². The van der Waals surface area contributed by atoms with Gasteiger partial charge in [0.15, 0.2) is 12.4 Å². The number of anilines is 1. The standard InChI is InChI=1S/C20H22N2O2S/c1-21-11-8-17(9-12-21)3-2-16-4-6-18(7-5-16)22-13-10-19(14-22)24-20(23)15-25/h2-9,11-12,19H,10,13-15H2,1H3/p+1. The summed E-state index contributed by atoms with van der Waals surface area (Å²) in [4.78, 5) is 13.6. The first-order valence-electron chi connectivity index (χ1n) is 8.43. The lowest BCUT2D eigenvalue weighted by Gasteiger charge is -2.18. The molecule has 0 amide bonds. The van der Waals surface area contributed by atoms with E-state index >= 15 is 0 Å². The van der Waals surface area contributed by atoms with Crippen molar-refractivity contribution in [3.8, 4) is 0 Å². The minimum atomic E-state index is -0.245. The number of aryl methyl sites for hydroxylation is 1. The van der Waals surface area contributed by atoms with Crippen LogP contribution in [0.1, 0.15) is 17.5 Å². The van der Waals surface area contributed by atoms with E-state index in [-0.39, 0.29) is 17.8 Å². The van der Waals surface area contributed by atoms with Crippen molar-refractivity contribution in [2.75, 3.05) is 23.7 Å². The second kappa shape index (κ2) is 8.21. The Morgan fingerprint density at radius 2 is 1.84 bits per heavy atom. The van der Waals surface area contributed by atoms with Crippen LogP contribution in [-0.4, -0.2) is 30.9 Å². The predicted molar refractivity (Wildman–Crippen MR) is 104 cm³/mol. The molecule has 1 unspecified atom stereocenters. The maximum atomic E-state index is 11.3. The zero-order chi connectivity index (χ0) is 17.6. The van der Waals surface area contributed by atoms with Crippen LogP contribution in [0.25, 0.3) is 12.2 Å². The fourth-order valence-electron chi connectivity index (χ4n) is 2.89. The van der Waals surface area contributed by atoms with Gasteiger partial charge in [-0.2, -0.15) is 12.6 Å². The molecule has 1 saturated heterocycles. The van der Waals surface area contributed by atoms with Crippen LogP contribution < -0.4 is 9.47 Å². The highest BCUT2D eigenvalue weighted by atomic mass is 32.1. The largest absolute Gasteiger partial charge is 0.460 e. The normalized spacial score (nSPS) is 17.2. The molecule has 130 valence electrons. The van der Waals surface area contributed by atoms with Crippen LogP contribution in [0, 0.1) is 0 Å². The topological polar surface area (TPSA) is 33.4 Å². The Bertz CT molecular complexity index is 741. The van der Waals surface area contributed by atoms with Crippen LogP contribution in [0.4, 0.5) is 5.69 Å². The zero-order valence-corrected chi connectivity index (χ0v) is 15.2. The van der Waals surface area contributed by atoms with Crippen LogP contribution in [0.2, 0.25) is 0 Å². The first-order valence-corrected chi connectivity index (χ1v) is 9.06. The van der Waals surface area contributed by atoms with Crippen molar-refractivity contribution in [3.05, 3.63) is 59.9 Å². The Kier molecular flexibility index (Phi) is 5.76. The summed E-state index contributed by atoms with van der Waals surface area (Å²) in [6.07, 6.45) is 9.13. The summed E-state index contributed by atoms with van der Waals surface area (Å²) in [5, 5.41) is 0. The molecular formula is C20H23N2O2S+. The van der Waals surface area contributed by atoms with Crippen molar-refractivity contribution in [1.82, 2.24) is 0 Å². The van der Waals surface area contributed by atoms with E-state index in [9.17, 15) is 4.79 Å². The van der Waals surface area contributed by atoms with Gasteiger partial charge in [-0.05, 0) is 23.3 Å². The molecule has 1 aliphatic heterocycles. The van der Waals surface area contributed by atoms with E-state index in [1.165, 1.54) is 5.56 Å². The lowest BCUT2D eigenvalue weighted by atomic mass is 10.1. The quantitative estimate of drug-likeness (QED) is 0.509. The van der Waals surface area contributed by atoms with Crippen LogP contribution >= 0.6 is 12.6 Å². The number of aromatic nitrogens is 1. The van der Waals surface area contributed by atoms with E-state index in [4.69, 9.17) is 4.74 Å². The third-order valence-electron chi connectivity index (χ3n) is 4.30. The van der Waals surface area contributed by atoms with E-state index in [2.05, 4.69) is 66.1 Å². The molecule has 0 radical (unpaired) electrons. The highest BCUT2D eigenvalue weighted by Gasteiger charge is 2.25. The molecule has 2 heterocycles. The average molecular weight is 355 g/mol. The number of hydrogen-bond donors (Lipinski definition) is 1. The number of carbonyl (C=O) groups excluding carboxylic acids is 1. The molecular weight excluding hydrogens is 332 g/mol. The first-order chi connectivity index (χ1) is 12.1. The number of nitrogens with zero attached hydrogens (tertiary/aromatic N) is 2. The van der Waals surface area contributed by atoms with Gasteiger partial charge < -0.3 is 9.64 Å². The average Bonchev–Trinajstić information content (AvgIpc) is 3.10. The predicted octanol–water partition coefficient (Wildman–Crippen LogP) is 2.73. The van der Waals surface area contributed by atoms with Crippen molar-refractivity contribution >= 4 is 36.4 Å². The summed E-state index contributed by atoms with van der Waals surface area (Å²) in [6.45, 7) is 1.65. The number of ether oxygens (including phenoxy) is 1. The number of carbonyl (C=O) groups is 1. The number of thiol groups is 1. The second-order valence-electron chi connectivity index (χ2n) is 6.23. The summed E-state index contributed by atoms with van der Waals surface area (Å²) in [5.41, 5.74) is 3.50. The fraction of sp³-hybridized carbons (Fsp3) is 0.300. The first kappa shape index (κ1) is 17.5. The van der Waals surface area contributed by atoms with Crippen molar-refractivity contribution < 1.29 is 14.1 Å². The van der Waals surface area contributed by atoms with Crippen molar-refractivity contribution in [1.29, 1.82) is 0 Å². The molecule has 1 aromatic heterocycles. The van der Waals surface area contributed by atoms with Crippen molar-refractivity contribution in [2.45, 2.75) is 12.5 Å². The van der Waals surface area contributed by atoms with Gasteiger partial charge in [-0.3, -0.25) is 4.79 Å². The molecule has 3 rings (SSSR count). The highest BCUT2D eigenvalue weighted by molar-refractivity contribution is 7.81. The van der Waals surface area contributed by atoms with Gasteiger partial charge in [-0.15, -0.1) is 0 Å². The monoisotopic (exact) mass is 355 g/mol. The third-order valence-corrected chi connectivity index (χ3v) is 4.56. The van der Waals surface area contributed by atoms with E-state index in [0.717, 1.165) is 30.8 Å². The molecule has 5 heteroatoms. The van der Waals surface area contributed by atoms with E-state index in [1.54, 1.807) is 0 Å². The molecule has 1 aliphatic rings. The molecule has 0 bridgehead atoms. The zero-order valence-electron chi connectivity index (χ0n) is 14.3. The number of hydrogen-bond acceptors (Lipinski definition) is 4.